The molecule has 2 heteroatoms. The molecule has 0 amide bonds. The van der Waals surface area contributed by atoms with Crippen molar-refractivity contribution in [2.75, 3.05) is 0 Å². The van der Waals surface area contributed by atoms with E-state index in [1.165, 1.54) is 16.5 Å². The Hall–Kier alpha value is -1.41. The van der Waals surface area contributed by atoms with Crippen molar-refractivity contribution in [3.05, 3.63) is 41.1 Å². The van der Waals surface area contributed by atoms with Gasteiger partial charge < -0.3 is 5.73 Å². The van der Waals surface area contributed by atoms with Gasteiger partial charge in [-0.15, -0.1) is 0 Å². The first-order chi connectivity index (χ1) is 8.39. The molecule has 2 nitrogen and oxygen atoms in total. The molecule has 2 rings (SSSR count). The van der Waals surface area contributed by atoms with Gasteiger partial charge in [-0.25, -0.2) is 0 Å². The molecule has 0 aliphatic heterocycles. The van der Waals surface area contributed by atoms with Gasteiger partial charge in [0.15, 0.2) is 0 Å². The zero-order valence-corrected chi connectivity index (χ0v) is 11.7. The fourth-order valence-electron chi connectivity index (χ4n) is 2.35. The summed E-state index contributed by atoms with van der Waals surface area (Å²) in [5.74, 6) is 0. The van der Waals surface area contributed by atoms with Gasteiger partial charge in [0.1, 0.15) is 0 Å². The maximum atomic E-state index is 6.16. The molecule has 96 valence electrons. The topological polar surface area (TPSA) is 38.9 Å². The molecule has 0 bridgehead atoms. The van der Waals surface area contributed by atoms with Crippen LogP contribution in [0.3, 0.4) is 0 Å². The Morgan fingerprint density at radius 1 is 1.22 bits per heavy atom. The Morgan fingerprint density at radius 2 is 1.94 bits per heavy atom. The van der Waals surface area contributed by atoms with Crippen LogP contribution in [0, 0.1) is 6.92 Å². The van der Waals surface area contributed by atoms with Crippen LogP contribution in [0.4, 0.5) is 0 Å². The molecule has 0 spiro atoms. The van der Waals surface area contributed by atoms with E-state index in [4.69, 9.17) is 5.73 Å². The van der Waals surface area contributed by atoms with E-state index >= 15 is 0 Å². The second-order valence-electron chi connectivity index (χ2n) is 5.79. The van der Waals surface area contributed by atoms with Gasteiger partial charge in [-0.2, -0.15) is 0 Å². The molecule has 18 heavy (non-hydrogen) atoms. The molecule has 2 N–H and O–H groups in total. The van der Waals surface area contributed by atoms with Gasteiger partial charge in [0.2, 0.25) is 0 Å². The van der Waals surface area contributed by atoms with Crippen molar-refractivity contribution in [3.8, 4) is 0 Å². The smallest absolute Gasteiger partial charge is 0.0708 e. The summed E-state index contributed by atoms with van der Waals surface area (Å²) in [4.78, 5) is 4.60. The molecule has 0 aliphatic carbocycles. The highest BCUT2D eigenvalue weighted by molar-refractivity contribution is 5.83. The highest BCUT2D eigenvalue weighted by Gasteiger charge is 2.14. The average Bonchev–Trinajstić information content (AvgIpc) is 2.26. The third kappa shape index (κ3) is 2.88. The first-order valence-corrected chi connectivity index (χ1v) is 6.57. The minimum atomic E-state index is -0.192. The molecule has 1 heterocycles. The second kappa shape index (κ2) is 4.69. The van der Waals surface area contributed by atoms with Crippen LogP contribution < -0.4 is 5.73 Å². The molecule has 0 aliphatic rings. The molecule has 1 aromatic heterocycles. The normalized spacial score (nSPS) is 12.1. The molecular formula is C16H22N2. The summed E-state index contributed by atoms with van der Waals surface area (Å²) < 4.78 is 0. The number of aryl methyl sites for hydroxylation is 2. The quantitative estimate of drug-likeness (QED) is 0.896. The lowest BCUT2D eigenvalue weighted by Gasteiger charge is -2.20. The molecule has 0 saturated heterocycles. The Labute approximate surface area is 109 Å². The number of rotatable bonds is 3. The lowest BCUT2D eigenvalue weighted by atomic mass is 9.92. The van der Waals surface area contributed by atoms with Crippen LogP contribution in [0.25, 0.3) is 10.9 Å². The monoisotopic (exact) mass is 242 g/mol. The van der Waals surface area contributed by atoms with Gasteiger partial charge in [0.25, 0.3) is 0 Å². The zero-order valence-electron chi connectivity index (χ0n) is 11.7. The summed E-state index contributed by atoms with van der Waals surface area (Å²) in [5.41, 5.74) is 10.8. The Kier molecular flexibility index (Phi) is 3.40. The fraction of sp³-hybridized carbons (Fsp3) is 0.438. The molecule has 0 radical (unpaired) electrons. The number of fused-ring (bicyclic) bond motifs is 1. The van der Waals surface area contributed by atoms with Gasteiger partial charge in [-0.1, -0.05) is 13.0 Å². The van der Waals surface area contributed by atoms with Gasteiger partial charge in [-0.3, -0.25) is 4.98 Å². The predicted molar refractivity (Wildman–Crippen MR) is 77.8 cm³/mol. The predicted octanol–water partition coefficient (Wildman–Crippen LogP) is 3.39. The first-order valence-electron chi connectivity index (χ1n) is 6.57. The van der Waals surface area contributed by atoms with Crippen LogP contribution in [-0.4, -0.2) is 10.5 Å². The summed E-state index contributed by atoms with van der Waals surface area (Å²) in [6.45, 7) is 8.35. The minimum absolute atomic E-state index is 0.192. The Morgan fingerprint density at radius 3 is 2.56 bits per heavy atom. The summed E-state index contributed by atoms with van der Waals surface area (Å²) >= 11 is 0. The van der Waals surface area contributed by atoms with Gasteiger partial charge >= 0.3 is 0 Å². The number of nitrogens with zero attached hydrogens (tertiary/aromatic N) is 1. The van der Waals surface area contributed by atoms with E-state index < -0.39 is 0 Å². The standard InChI is InChI=1S/C16H22N2/c1-5-12-6-7-15-14(9-12)13(8-11(2)18-15)10-16(3,4)17/h6-9H,5,10,17H2,1-4H3. The van der Waals surface area contributed by atoms with Crippen molar-refractivity contribution in [1.82, 2.24) is 4.98 Å². The summed E-state index contributed by atoms with van der Waals surface area (Å²) in [5, 5.41) is 1.25. The average molecular weight is 242 g/mol. The molecular weight excluding hydrogens is 220 g/mol. The number of nitrogens with two attached hydrogens (primary N) is 1. The maximum absolute atomic E-state index is 6.16. The number of hydrogen-bond donors (Lipinski definition) is 1. The SMILES string of the molecule is CCc1ccc2nc(C)cc(CC(C)(C)N)c2c1. The largest absolute Gasteiger partial charge is 0.325 e. The number of aromatic nitrogens is 1. The van der Waals surface area contributed by atoms with Crippen LogP contribution in [-0.2, 0) is 12.8 Å². The van der Waals surface area contributed by atoms with Crippen molar-refractivity contribution in [2.45, 2.75) is 46.1 Å². The van der Waals surface area contributed by atoms with Gasteiger partial charge in [0, 0.05) is 16.6 Å². The van der Waals surface area contributed by atoms with Crippen LogP contribution in [0.15, 0.2) is 24.3 Å². The molecule has 1 aromatic carbocycles. The van der Waals surface area contributed by atoms with Crippen molar-refractivity contribution in [3.63, 3.8) is 0 Å². The van der Waals surface area contributed by atoms with E-state index in [0.29, 0.717) is 0 Å². The molecule has 0 saturated carbocycles. The zero-order chi connectivity index (χ0) is 13.3. The molecule has 0 atom stereocenters. The number of hydrogen-bond acceptors (Lipinski definition) is 2. The third-order valence-electron chi connectivity index (χ3n) is 3.14. The lowest BCUT2D eigenvalue weighted by molar-refractivity contribution is 0.518. The summed E-state index contributed by atoms with van der Waals surface area (Å²) in [6, 6.07) is 8.69. The van der Waals surface area contributed by atoms with Gasteiger partial charge in [-0.05, 0) is 62.9 Å². The van der Waals surface area contributed by atoms with E-state index in [2.05, 4.69) is 50.0 Å². The Balaban J connectivity index is 2.61. The summed E-state index contributed by atoms with van der Waals surface area (Å²) in [7, 11) is 0. The van der Waals surface area contributed by atoms with Gasteiger partial charge in [0.05, 0.1) is 5.52 Å². The maximum Gasteiger partial charge on any atom is 0.0708 e. The summed E-state index contributed by atoms with van der Waals surface area (Å²) in [6.07, 6.45) is 1.93. The second-order valence-corrected chi connectivity index (χ2v) is 5.79. The molecule has 2 aromatic rings. The van der Waals surface area contributed by atoms with Crippen LogP contribution in [0.5, 0.6) is 0 Å². The van der Waals surface area contributed by atoms with Crippen molar-refractivity contribution in [1.29, 1.82) is 0 Å². The number of benzene rings is 1. The first kappa shape index (κ1) is 13.0. The Bertz CT molecular complexity index is 565. The lowest BCUT2D eigenvalue weighted by Crippen LogP contribution is -2.34. The van der Waals surface area contributed by atoms with Crippen molar-refractivity contribution in [2.24, 2.45) is 5.73 Å². The fourth-order valence-corrected chi connectivity index (χ4v) is 2.35. The van der Waals surface area contributed by atoms with Crippen molar-refractivity contribution >= 4 is 10.9 Å². The van der Waals surface area contributed by atoms with Crippen LogP contribution >= 0.6 is 0 Å². The van der Waals surface area contributed by atoms with E-state index in [1.807, 2.05) is 6.92 Å². The molecule has 0 unspecified atom stereocenters. The van der Waals surface area contributed by atoms with E-state index in [9.17, 15) is 0 Å². The van der Waals surface area contributed by atoms with Crippen LogP contribution in [0.1, 0.15) is 37.6 Å². The highest BCUT2D eigenvalue weighted by Crippen LogP contribution is 2.23. The highest BCUT2D eigenvalue weighted by atomic mass is 14.7. The van der Waals surface area contributed by atoms with E-state index in [-0.39, 0.29) is 5.54 Å². The third-order valence-corrected chi connectivity index (χ3v) is 3.14. The van der Waals surface area contributed by atoms with E-state index in [0.717, 1.165) is 24.1 Å². The van der Waals surface area contributed by atoms with E-state index in [1.54, 1.807) is 0 Å². The number of pyridine rings is 1. The van der Waals surface area contributed by atoms with Crippen LogP contribution in [0.2, 0.25) is 0 Å². The minimum Gasteiger partial charge on any atom is -0.325 e. The molecule has 0 fully saturated rings. The van der Waals surface area contributed by atoms with Crippen molar-refractivity contribution < 1.29 is 0 Å².